The molecule has 11 heteroatoms. The zero-order valence-corrected chi connectivity index (χ0v) is 16.3. The van der Waals surface area contributed by atoms with Gasteiger partial charge < -0.3 is 24.8 Å². The lowest BCUT2D eigenvalue weighted by Crippen LogP contribution is -2.70. The van der Waals surface area contributed by atoms with Gasteiger partial charge in [-0.25, -0.2) is 18.0 Å². The van der Waals surface area contributed by atoms with Crippen molar-refractivity contribution in [1.82, 2.24) is 4.90 Å². The Labute approximate surface area is 151 Å². The van der Waals surface area contributed by atoms with Crippen LogP contribution in [0.5, 0.6) is 0 Å². The number of carbonyl (C=O) groups excluding carboxylic acids is 3. The molecule has 2 N–H and O–H groups in total. The van der Waals surface area contributed by atoms with E-state index in [1.54, 1.807) is 13.8 Å². The Morgan fingerprint density at radius 2 is 1.77 bits per heavy atom. The first-order valence-electron chi connectivity index (χ1n) is 8.07. The van der Waals surface area contributed by atoms with Crippen molar-refractivity contribution in [3.8, 4) is 0 Å². The molecule has 2 heterocycles. The molecular formula is C15H24N2O8S. The summed E-state index contributed by atoms with van der Waals surface area (Å²) >= 11 is 0. The highest BCUT2D eigenvalue weighted by Gasteiger charge is 2.71. The van der Waals surface area contributed by atoms with E-state index in [9.17, 15) is 22.8 Å². The van der Waals surface area contributed by atoms with E-state index in [1.807, 2.05) is 0 Å². The predicted octanol–water partition coefficient (Wildman–Crippen LogP) is -0.101. The monoisotopic (exact) mass is 392 g/mol. The second kappa shape index (κ2) is 6.08. The third-order valence-corrected chi connectivity index (χ3v) is 7.19. The Bertz CT molecular complexity index is 743. The molecule has 0 saturated carbocycles. The predicted molar refractivity (Wildman–Crippen MR) is 88.3 cm³/mol. The number of amides is 1. The molecular weight excluding hydrogens is 368 g/mol. The first-order valence-corrected chi connectivity index (χ1v) is 9.62. The lowest BCUT2D eigenvalue weighted by atomic mass is 9.96. The maximum Gasteiger partial charge on any atom is 0.511 e. The summed E-state index contributed by atoms with van der Waals surface area (Å²) in [6, 6.07) is -2.60. The lowest BCUT2D eigenvalue weighted by molar-refractivity contribution is -0.209. The van der Waals surface area contributed by atoms with E-state index in [2.05, 4.69) is 0 Å². The summed E-state index contributed by atoms with van der Waals surface area (Å²) in [6.45, 7) is 8.48. The van der Waals surface area contributed by atoms with Crippen LogP contribution in [0, 0.1) is 0 Å². The molecule has 0 bridgehead atoms. The quantitative estimate of drug-likeness (QED) is 0.394. The van der Waals surface area contributed by atoms with Crippen LogP contribution in [-0.4, -0.2) is 65.4 Å². The van der Waals surface area contributed by atoms with Gasteiger partial charge in [-0.1, -0.05) is 0 Å². The zero-order valence-electron chi connectivity index (χ0n) is 15.5. The zero-order chi connectivity index (χ0) is 20.2. The smallest absolute Gasteiger partial charge is 0.431 e. The van der Waals surface area contributed by atoms with E-state index in [0.717, 1.165) is 4.90 Å². The number of sulfone groups is 1. The molecule has 1 amide bonds. The summed E-state index contributed by atoms with van der Waals surface area (Å²) in [5.74, 6) is -3.38. The van der Waals surface area contributed by atoms with E-state index >= 15 is 0 Å². The van der Waals surface area contributed by atoms with Crippen LogP contribution in [0.2, 0.25) is 0 Å². The van der Waals surface area contributed by atoms with Crippen LogP contribution in [0.1, 0.15) is 41.5 Å². The van der Waals surface area contributed by atoms with Gasteiger partial charge in [0.25, 0.3) is 5.79 Å². The van der Waals surface area contributed by atoms with Crippen LogP contribution in [-0.2, 0) is 33.6 Å². The van der Waals surface area contributed by atoms with Gasteiger partial charge in [0.05, 0.1) is 6.10 Å². The highest BCUT2D eigenvalue weighted by atomic mass is 32.2. The molecule has 2 aliphatic heterocycles. The molecule has 3 atom stereocenters. The van der Waals surface area contributed by atoms with Crippen molar-refractivity contribution in [2.24, 2.45) is 5.73 Å². The van der Waals surface area contributed by atoms with Gasteiger partial charge in [-0.05, 0) is 27.7 Å². The van der Waals surface area contributed by atoms with E-state index in [-0.39, 0.29) is 0 Å². The summed E-state index contributed by atoms with van der Waals surface area (Å²) < 4.78 is 38.6. The number of nitrogens with two attached hydrogens (primary N) is 1. The third-order valence-electron chi connectivity index (χ3n) is 4.34. The second-order valence-corrected chi connectivity index (χ2v) is 10.2. The van der Waals surface area contributed by atoms with Crippen LogP contribution in [0.3, 0.4) is 0 Å². The highest BCUT2D eigenvalue weighted by molar-refractivity contribution is 7.94. The maximum atomic E-state index is 12.7. The molecule has 0 unspecified atom stereocenters. The molecule has 10 nitrogen and oxygen atoms in total. The summed E-state index contributed by atoms with van der Waals surface area (Å²) in [7, 11) is -3.89. The molecule has 0 radical (unpaired) electrons. The molecule has 2 aliphatic rings. The average Bonchev–Trinajstić information content (AvgIpc) is 2.57. The lowest BCUT2D eigenvalue weighted by Gasteiger charge is -2.41. The summed E-state index contributed by atoms with van der Waals surface area (Å²) in [5, 5.41) is -1.27. The Balaban J connectivity index is 2.21. The number of hydrogen-bond donors (Lipinski definition) is 1. The van der Waals surface area contributed by atoms with E-state index in [1.165, 1.54) is 27.7 Å². The van der Waals surface area contributed by atoms with Crippen LogP contribution < -0.4 is 5.73 Å². The first-order chi connectivity index (χ1) is 11.6. The minimum Gasteiger partial charge on any atom is -0.431 e. The van der Waals surface area contributed by atoms with Crippen LogP contribution in [0.4, 0.5) is 4.79 Å². The Morgan fingerprint density at radius 1 is 1.23 bits per heavy atom. The number of hydrogen-bond acceptors (Lipinski definition) is 9. The van der Waals surface area contributed by atoms with Gasteiger partial charge in [0.1, 0.15) is 16.8 Å². The minimum absolute atomic E-state index is 0.436. The Hall–Kier alpha value is -1.88. The fourth-order valence-electron chi connectivity index (χ4n) is 3.06. The number of rotatable bonds is 4. The molecule has 2 rings (SSSR count). The molecule has 148 valence electrons. The molecule has 0 aromatic carbocycles. The van der Waals surface area contributed by atoms with E-state index < -0.39 is 62.0 Å². The summed E-state index contributed by atoms with van der Waals surface area (Å²) in [5.41, 5.74) is 5.60. The van der Waals surface area contributed by atoms with Gasteiger partial charge in [0, 0.05) is 13.8 Å². The van der Waals surface area contributed by atoms with Gasteiger partial charge >= 0.3 is 12.1 Å². The van der Waals surface area contributed by atoms with Crippen molar-refractivity contribution in [1.29, 1.82) is 0 Å². The fourth-order valence-corrected chi connectivity index (χ4v) is 5.23. The van der Waals surface area contributed by atoms with E-state index in [0.29, 0.717) is 0 Å². The SMILES string of the molecule is CC(C)OC(=O)OC(C)(C)OC(=O)[C@@H]1N2C(=O)[C@@H](N)[C@H]2S(=O)(=O)C1(C)C. The van der Waals surface area contributed by atoms with E-state index in [4.69, 9.17) is 19.9 Å². The maximum absolute atomic E-state index is 12.7. The van der Waals surface area contributed by atoms with Crippen molar-refractivity contribution in [3.05, 3.63) is 0 Å². The highest BCUT2D eigenvalue weighted by Crippen LogP contribution is 2.45. The number of β-lactam (4-membered cyclic amide) rings is 1. The number of nitrogens with zero attached hydrogens (tertiary/aromatic N) is 1. The average molecular weight is 392 g/mol. The van der Waals surface area contributed by atoms with Crippen molar-refractivity contribution in [2.45, 2.75) is 75.6 Å². The fraction of sp³-hybridized carbons (Fsp3) is 0.800. The molecule has 2 saturated heterocycles. The Kier molecular flexibility index (Phi) is 4.78. The van der Waals surface area contributed by atoms with Gasteiger partial charge in [-0.15, -0.1) is 0 Å². The van der Waals surface area contributed by atoms with Crippen molar-refractivity contribution in [3.63, 3.8) is 0 Å². The van der Waals surface area contributed by atoms with Gasteiger partial charge in [-0.3, -0.25) is 4.79 Å². The summed E-state index contributed by atoms with van der Waals surface area (Å²) in [6.07, 6.45) is -1.48. The summed E-state index contributed by atoms with van der Waals surface area (Å²) in [4.78, 5) is 37.2. The van der Waals surface area contributed by atoms with Gasteiger partial charge in [-0.2, -0.15) is 0 Å². The third kappa shape index (κ3) is 3.02. The number of carbonyl (C=O) groups is 3. The van der Waals surface area contributed by atoms with Gasteiger partial charge in [0.15, 0.2) is 15.2 Å². The standard InChI is InChI=1S/C15H24N2O8S/c1-7(2)23-13(20)25-15(5,6)24-12(19)9-14(3,4)26(21,22)11-8(16)10(18)17(9)11/h7-9,11H,16H2,1-6H3/t8-,9+,11-/m1/s1. The molecule has 0 aromatic heterocycles. The topological polar surface area (TPSA) is 142 Å². The van der Waals surface area contributed by atoms with Crippen LogP contribution >= 0.6 is 0 Å². The second-order valence-electron chi connectivity index (χ2n) is 7.55. The van der Waals surface area contributed by atoms with Crippen LogP contribution in [0.25, 0.3) is 0 Å². The van der Waals surface area contributed by atoms with Crippen molar-refractivity contribution >= 4 is 27.9 Å². The largest absolute Gasteiger partial charge is 0.511 e. The Morgan fingerprint density at radius 3 is 2.27 bits per heavy atom. The molecule has 0 aliphatic carbocycles. The minimum atomic E-state index is -3.89. The van der Waals surface area contributed by atoms with Crippen molar-refractivity contribution in [2.75, 3.05) is 0 Å². The molecule has 0 aromatic rings. The molecule has 0 spiro atoms. The number of ether oxygens (including phenoxy) is 3. The molecule has 2 fully saturated rings. The van der Waals surface area contributed by atoms with Gasteiger partial charge in [0.2, 0.25) is 5.91 Å². The van der Waals surface area contributed by atoms with Crippen molar-refractivity contribution < 1.29 is 37.0 Å². The number of fused-ring (bicyclic) bond motifs is 1. The van der Waals surface area contributed by atoms with Crippen LogP contribution in [0.15, 0.2) is 0 Å². The molecule has 26 heavy (non-hydrogen) atoms. The first kappa shape index (κ1) is 20.4. The number of esters is 1. The normalized spacial score (nSPS) is 29.0.